The molecule has 0 aliphatic heterocycles. The fourth-order valence-corrected chi connectivity index (χ4v) is 3.65. The smallest absolute Gasteiger partial charge is 0.332 e. The van der Waals surface area contributed by atoms with E-state index in [0.717, 1.165) is 25.6 Å². The van der Waals surface area contributed by atoms with E-state index in [0.29, 0.717) is 5.69 Å². The van der Waals surface area contributed by atoms with Crippen LogP contribution in [-0.2, 0) is 14.1 Å². The SMILES string of the molecule is Cc1ccccc1-c1nc(-c2c(N)n(C)c(=O)n(C)c2=O)c(C)s1. The predicted octanol–water partition coefficient (Wildman–Crippen LogP) is 2.07. The maximum absolute atomic E-state index is 12.6. The van der Waals surface area contributed by atoms with Crippen molar-refractivity contribution >= 4 is 17.2 Å². The van der Waals surface area contributed by atoms with Gasteiger partial charge in [-0.2, -0.15) is 0 Å². The second kappa shape index (κ2) is 5.76. The molecule has 7 heteroatoms. The van der Waals surface area contributed by atoms with E-state index in [-0.39, 0.29) is 11.4 Å². The van der Waals surface area contributed by atoms with E-state index in [1.165, 1.54) is 23.0 Å². The molecule has 0 saturated heterocycles. The van der Waals surface area contributed by atoms with Gasteiger partial charge >= 0.3 is 5.69 Å². The number of benzene rings is 1. The van der Waals surface area contributed by atoms with Gasteiger partial charge in [-0.05, 0) is 19.4 Å². The summed E-state index contributed by atoms with van der Waals surface area (Å²) in [4.78, 5) is 30.1. The second-order valence-electron chi connectivity index (χ2n) is 5.70. The van der Waals surface area contributed by atoms with Gasteiger partial charge in [0.15, 0.2) is 0 Å². The standard InChI is InChI=1S/C17H18N4O2S/c1-9-7-5-6-8-11(9)15-19-13(10(2)24-15)12-14(18)20(3)17(23)21(4)16(12)22/h5-8H,18H2,1-4H3. The third kappa shape index (κ3) is 2.37. The minimum atomic E-state index is -0.451. The molecular formula is C17H18N4O2S. The summed E-state index contributed by atoms with van der Waals surface area (Å²) in [6, 6.07) is 7.95. The highest BCUT2D eigenvalue weighted by Gasteiger charge is 2.21. The van der Waals surface area contributed by atoms with Gasteiger partial charge in [-0.3, -0.25) is 13.9 Å². The minimum absolute atomic E-state index is 0.132. The van der Waals surface area contributed by atoms with Crippen LogP contribution in [0.4, 0.5) is 5.82 Å². The molecule has 0 atom stereocenters. The molecule has 0 aliphatic rings. The van der Waals surface area contributed by atoms with Gasteiger partial charge in [0.05, 0.1) is 5.69 Å². The summed E-state index contributed by atoms with van der Waals surface area (Å²) < 4.78 is 2.32. The van der Waals surface area contributed by atoms with Crippen LogP contribution in [-0.4, -0.2) is 14.1 Å². The van der Waals surface area contributed by atoms with Gasteiger partial charge in [0.1, 0.15) is 16.4 Å². The Morgan fingerprint density at radius 2 is 1.75 bits per heavy atom. The van der Waals surface area contributed by atoms with Gasteiger partial charge in [-0.1, -0.05) is 24.3 Å². The molecule has 0 spiro atoms. The summed E-state index contributed by atoms with van der Waals surface area (Å²) in [5.74, 6) is 0.132. The van der Waals surface area contributed by atoms with Crippen molar-refractivity contribution < 1.29 is 0 Å². The third-order valence-corrected chi connectivity index (χ3v) is 5.12. The summed E-state index contributed by atoms with van der Waals surface area (Å²) in [7, 11) is 2.99. The lowest BCUT2D eigenvalue weighted by Crippen LogP contribution is -2.39. The maximum Gasteiger partial charge on any atom is 0.332 e. The largest absolute Gasteiger partial charge is 0.384 e. The monoisotopic (exact) mass is 342 g/mol. The molecule has 0 fully saturated rings. The molecule has 0 saturated carbocycles. The van der Waals surface area contributed by atoms with E-state index in [9.17, 15) is 9.59 Å². The summed E-state index contributed by atoms with van der Waals surface area (Å²) in [6.45, 7) is 3.92. The molecule has 6 nitrogen and oxygen atoms in total. The molecular weight excluding hydrogens is 324 g/mol. The lowest BCUT2D eigenvalue weighted by molar-refractivity contribution is 0.696. The van der Waals surface area contributed by atoms with E-state index < -0.39 is 11.2 Å². The quantitative estimate of drug-likeness (QED) is 0.773. The van der Waals surface area contributed by atoms with Crippen LogP contribution >= 0.6 is 11.3 Å². The Kier molecular flexibility index (Phi) is 3.88. The second-order valence-corrected chi connectivity index (χ2v) is 6.91. The van der Waals surface area contributed by atoms with Crippen LogP contribution in [0.5, 0.6) is 0 Å². The van der Waals surface area contributed by atoms with Gasteiger partial charge < -0.3 is 5.73 Å². The topological polar surface area (TPSA) is 82.9 Å². The van der Waals surface area contributed by atoms with Gasteiger partial charge in [-0.15, -0.1) is 11.3 Å². The lowest BCUT2D eigenvalue weighted by Gasteiger charge is -2.10. The molecule has 24 heavy (non-hydrogen) atoms. The molecule has 0 radical (unpaired) electrons. The number of nitrogen functional groups attached to an aromatic ring is 1. The highest BCUT2D eigenvalue weighted by atomic mass is 32.1. The van der Waals surface area contributed by atoms with Crippen LogP contribution in [0.3, 0.4) is 0 Å². The first kappa shape index (κ1) is 16.2. The van der Waals surface area contributed by atoms with Crippen LogP contribution in [0.2, 0.25) is 0 Å². The first-order valence-electron chi connectivity index (χ1n) is 7.42. The van der Waals surface area contributed by atoms with Crippen LogP contribution in [0.1, 0.15) is 10.4 Å². The third-order valence-electron chi connectivity index (χ3n) is 4.12. The van der Waals surface area contributed by atoms with Gasteiger partial charge in [0.25, 0.3) is 5.56 Å². The lowest BCUT2D eigenvalue weighted by atomic mass is 10.1. The Labute approximate surface area is 142 Å². The molecule has 0 aliphatic carbocycles. The van der Waals surface area contributed by atoms with E-state index >= 15 is 0 Å². The van der Waals surface area contributed by atoms with Crippen molar-refractivity contribution in [3.05, 3.63) is 55.5 Å². The van der Waals surface area contributed by atoms with E-state index in [1.807, 2.05) is 38.1 Å². The molecule has 2 aromatic heterocycles. The molecule has 2 N–H and O–H groups in total. The van der Waals surface area contributed by atoms with Gasteiger partial charge in [0, 0.05) is 24.5 Å². The minimum Gasteiger partial charge on any atom is -0.384 e. The van der Waals surface area contributed by atoms with Crippen LogP contribution in [0.25, 0.3) is 21.8 Å². The van der Waals surface area contributed by atoms with Crippen molar-refractivity contribution in [2.75, 3.05) is 5.73 Å². The van der Waals surface area contributed by atoms with Crippen LogP contribution in [0, 0.1) is 13.8 Å². The number of hydrogen-bond donors (Lipinski definition) is 1. The Morgan fingerprint density at radius 3 is 2.42 bits per heavy atom. The zero-order chi connectivity index (χ0) is 17.6. The molecule has 1 aromatic carbocycles. The first-order valence-corrected chi connectivity index (χ1v) is 8.24. The van der Waals surface area contributed by atoms with Crippen molar-refractivity contribution in [1.82, 2.24) is 14.1 Å². The van der Waals surface area contributed by atoms with Crippen molar-refractivity contribution in [1.29, 1.82) is 0 Å². The molecule has 3 rings (SSSR count). The van der Waals surface area contributed by atoms with Crippen molar-refractivity contribution in [2.24, 2.45) is 14.1 Å². The van der Waals surface area contributed by atoms with E-state index in [2.05, 4.69) is 4.98 Å². The highest BCUT2D eigenvalue weighted by molar-refractivity contribution is 7.15. The van der Waals surface area contributed by atoms with E-state index in [4.69, 9.17) is 5.73 Å². The Balaban J connectivity index is 2.29. The molecule has 0 unspecified atom stereocenters. The molecule has 3 aromatic rings. The molecule has 124 valence electrons. The molecule has 2 heterocycles. The average Bonchev–Trinajstić information content (AvgIpc) is 2.93. The number of aromatic nitrogens is 3. The van der Waals surface area contributed by atoms with Crippen molar-refractivity contribution in [2.45, 2.75) is 13.8 Å². The summed E-state index contributed by atoms with van der Waals surface area (Å²) >= 11 is 1.51. The summed E-state index contributed by atoms with van der Waals surface area (Å²) in [5, 5.41) is 0.830. The van der Waals surface area contributed by atoms with Gasteiger partial charge in [0.2, 0.25) is 0 Å². The summed E-state index contributed by atoms with van der Waals surface area (Å²) in [6.07, 6.45) is 0. The zero-order valence-electron chi connectivity index (χ0n) is 14.0. The van der Waals surface area contributed by atoms with Crippen molar-refractivity contribution in [3.63, 3.8) is 0 Å². The predicted molar refractivity (Wildman–Crippen MR) is 97.4 cm³/mol. The van der Waals surface area contributed by atoms with E-state index in [1.54, 1.807) is 7.05 Å². The molecule has 0 amide bonds. The number of nitrogens with two attached hydrogens (primary N) is 1. The number of aryl methyl sites for hydroxylation is 2. The molecule has 0 bridgehead atoms. The van der Waals surface area contributed by atoms with Gasteiger partial charge in [-0.25, -0.2) is 9.78 Å². The number of anilines is 1. The maximum atomic E-state index is 12.6. The fourth-order valence-electron chi connectivity index (χ4n) is 2.64. The Morgan fingerprint density at radius 1 is 1.08 bits per heavy atom. The Bertz CT molecular complexity index is 1060. The zero-order valence-corrected chi connectivity index (χ0v) is 14.8. The number of thiazole rings is 1. The fraction of sp³-hybridized carbons (Fsp3) is 0.235. The van der Waals surface area contributed by atoms with Crippen LogP contribution < -0.4 is 17.0 Å². The number of rotatable bonds is 2. The normalized spacial score (nSPS) is 11.0. The summed E-state index contributed by atoms with van der Waals surface area (Å²) in [5.41, 5.74) is 8.11. The number of hydrogen-bond acceptors (Lipinski definition) is 5. The average molecular weight is 342 g/mol. The van der Waals surface area contributed by atoms with Crippen LogP contribution in [0.15, 0.2) is 33.9 Å². The number of nitrogens with zero attached hydrogens (tertiary/aromatic N) is 3. The van der Waals surface area contributed by atoms with Crippen molar-refractivity contribution in [3.8, 4) is 21.8 Å². The Hall–Kier alpha value is -2.67. The first-order chi connectivity index (χ1) is 11.3. The highest BCUT2D eigenvalue weighted by Crippen LogP contribution is 2.34.